The molecule has 0 saturated heterocycles. The van der Waals surface area contributed by atoms with Gasteiger partial charge in [-0.3, -0.25) is 4.79 Å². The smallest absolute Gasteiger partial charge is 0.221 e. The molecule has 0 atom stereocenters. The number of carbonyl (C=O) groups is 1. The molecule has 0 aliphatic heterocycles. The summed E-state index contributed by atoms with van der Waals surface area (Å²) in [5, 5.41) is 7.33. The number of nitrogens with zero attached hydrogens (tertiary/aromatic N) is 2. The van der Waals surface area contributed by atoms with Gasteiger partial charge >= 0.3 is 0 Å². The van der Waals surface area contributed by atoms with Crippen LogP contribution in [0.5, 0.6) is 0 Å². The van der Waals surface area contributed by atoms with Gasteiger partial charge in [-0.25, -0.2) is 4.68 Å². The number of aromatic nitrogens is 2. The Morgan fingerprint density at radius 3 is 2.61 bits per heavy atom. The summed E-state index contributed by atoms with van der Waals surface area (Å²) in [4.78, 5) is 12.2. The van der Waals surface area contributed by atoms with E-state index in [2.05, 4.69) is 16.3 Å². The van der Waals surface area contributed by atoms with Crippen molar-refractivity contribution in [3.8, 4) is 18.0 Å². The third-order valence-corrected chi connectivity index (χ3v) is 4.16. The molecular formula is C19H23N3O. The fourth-order valence-corrected chi connectivity index (χ4v) is 2.47. The molecule has 2 rings (SSSR count). The lowest BCUT2D eigenvalue weighted by Gasteiger charge is -2.27. The molecule has 0 unspecified atom stereocenters. The van der Waals surface area contributed by atoms with Gasteiger partial charge in [0.1, 0.15) is 5.54 Å². The van der Waals surface area contributed by atoms with Crippen LogP contribution >= 0.6 is 0 Å². The molecule has 120 valence electrons. The van der Waals surface area contributed by atoms with Crippen LogP contribution in [-0.4, -0.2) is 21.2 Å². The number of rotatable bonds is 7. The van der Waals surface area contributed by atoms with E-state index in [4.69, 9.17) is 6.42 Å². The van der Waals surface area contributed by atoms with Crippen LogP contribution in [0.3, 0.4) is 0 Å². The summed E-state index contributed by atoms with van der Waals surface area (Å²) >= 11 is 0. The minimum absolute atomic E-state index is 0.0147. The van der Waals surface area contributed by atoms with Crippen molar-refractivity contribution in [1.29, 1.82) is 0 Å². The Kier molecular flexibility index (Phi) is 5.59. The van der Waals surface area contributed by atoms with Crippen LogP contribution in [0.2, 0.25) is 0 Å². The Labute approximate surface area is 137 Å². The zero-order chi connectivity index (χ0) is 16.7. The van der Waals surface area contributed by atoms with Crippen LogP contribution in [0.1, 0.15) is 38.7 Å². The summed E-state index contributed by atoms with van der Waals surface area (Å²) < 4.78 is 1.82. The number of terminal acetylenes is 1. The first-order valence-electron chi connectivity index (χ1n) is 8.00. The maximum absolute atomic E-state index is 12.2. The summed E-state index contributed by atoms with van der Waals surface area (Å²) in [6, 6.07) is 9.90. The maximum atomic E-state index is 12.2. The van der Waals surface area contributed by atoms with E-state index in [1.54, 1.807) is 6.20 Å². The highest BCUT2D eigenvalue weighted by Gasteiger charge is 2.24. The molecule has 0 aliphatic rings. The molecule has 0 bridgehead atoms. The quantitative estimate of drug-likeness (QED) is 0.799. The second kappa shape index (κ2) is 7.64. The van der Waals surface area contributed by atoms with Crippen LogP contribution < -0.4 is 5.32 Å². The van der Waals surface area contributed by atoms with Gasteiger partial charge in [-0.05, 0) is 37.0 Å². The number of para-hydroxylation sites is 1. The van der Waals surface area contributed by atoms with Crippen molar-refractivity contribution >= 4 is 5.91 Å². The molecule has 0 radical (unpaired) electrons. The molecule has 1 amide bonds. The van der Waals surface area contributed by atoms with E-state index < -0.39 is 5.54 Å². The molecule has 4 nitrogen and oxygen atoms in total. The minimum Gasteiger partial charge on any atom is -0.340 e. The fraction of sp³-hybridized carbons (Fsp3) is 0.368. The lowest BCUT2D eigenvalue weighted by Crippen LogP contribution is -2.46. The second-order valence-electron chi connectivity index (χ2n) is 5.61. The SMILES string of the molecule is C#CC(CC)(CC)NC(=O)CCc1cnn(-c2ccccc2)c1. The normalized spacial score (nSPS) is 11.0. The molecule has 2 aromatic rings. The highest BCUT2D eigenvalue weighted by molar-refractivity contribution is 5.77. The zero-order valence-corrected chi connectivity index (χ0v) is 13.7. The first-order chi connectivity index (χ1) is 11.1. The molecule has 1 heterocycles. The van der Waals surface area contributed by atoms with E-state index in [1.165, 1.54) is 0 Å². The second-order valence-corrected chi connectivity index (χ2v) is 5.61. The van der Waals surface area contributed by atoms with Crippen molar-refractivity contribution in [2.45, 2.75) is 45.1 Å². The molecule has 0 fully saturated rings. The Balaban J connectivity index is 1.93. The van der Waals surface area contributed by atoms with E-state index in [-0.39, 0.29) is 5.91 Å². The van der Waals surface area contributed by atoms with E-state index in [0.29, 0.717) is 12.8 Å². The van der Waals surface area contributed by atoms with Gasteiger partial charge in [0, 0.05) is 12.6 Å². The highest BCUT2D eigenvalue weighted by atomic mass is 16.1. The molecule has 0 aliphatic carbocycles. The molecule has 23 heavy (non-hydrogen) atoms. The van der Waals surface area contributed by atoms with Gasteiger partial charge in [0.05, 0.1) is 11.9 Å². The van der Waals surface area contributed by atoms with E-state index in [9.17, 15) is 4.79 Å². The maximum Gasteiger partial charge on any atom is 0.221 e. The number of aryl methyl sites for hydroxylation is 1. The summed E-state index contributed by atoms with van der Waals surface area (Å²) in [6.07, 6.45) is 11.8. The van der Waals surface area contributed by atoms with Crippen LogP contribution in [0, 0.1) is 12.3 Å². The van der Waals surface area contributed by atoms with Crippen molar-refractivity contribution in [2.24, 2.45) is 0 Å². The molecule has 0 spiro atoms. The van der Waals surface area contributed by atoms with Gasteiger partial charge in [-0.2, -0.15) is 5.10 Å². The highest BCUT2D eigenvalue weighted by Crippen LogP contribution is 2.14. The first-order valence-corrected chi connectivity index (χ1v) is 8.00. The average molecular weight is 309 g/mol. The van der Waals surface area contributed by atoms with Gasteiger partial charge in [0.25, 0.3) is 0 Å². The van der Waals surface area contributed by atoms with Crippen LogP contribution in [0.25, 0.3) is 5.69 Å². The third kappa shape index (κ3) is 4.23. The number of amides is 1. The van der Waals surface area contributed by atoms with Crippen LogP contribution in [0.4, 0.5) is 0 Å². The first kappa shape index (κ1) is 16.8. The number of hydrogen-bond donors (Lipinski definition) is 1. The predicted molar refractivity (Wildman–Crippen MR) is 92.2 cm³/mol. The van der Waals surface area contributed by atoms with Gasteiger partial charge in [0.15, 0.2) is 0 Å². The van der Waals surface area contributed by atoms with Crippen molar-refractivity contribution in [3.05, 3.63) is 48.3 Å². The minimum atomic E-state index is -0.523. The molecule has 1 aromatic carbocycles. The zero-order valence-electron chi connectivity index (χ0n) is 13.7. The Bertz CT molecular complexity index is 678. The average Bonchev–Trinajstić information content (AvgIpc) is 3.08. The molecule has 4 heteroatoms. The van der Waals surface area contributed by atoms with Crippen molar-refractivity contribution in [1.82, 2.24) is 15.1 Å². The van der Waals surface area contributed by atoms with E-state index in [1.807, 2.05) is 55.1 Å². The Morgan fingerprint density at radius 2 is 2.00 bits per heavy atom. The summed E-state index contributed by atoms with van der Waals surface area (Å²) in [5.74, 6) is 2.71. The summed E-state index contributed by atoms with van der Waals surface area (Å²) in [7, 11) is 0. The lowest BCUT2D eigenvalue weighted by molar-refractivity contribution is -0.122. The summed E-state index contributed by atoms with van der Waals surface area (Å²) in [6.45, 7) is 3.99. The number of carbonyl (C=O) groups excluding carboxylic acids is 1. The molecular weight excluding hydrogens is 286 g/mol. The van der Waals surface area contributed by atoms with Gasteiger partial charge in [0.2, 0.25) is 5.91 Å². The van der Waals surface area contributed by atoms with Crippen molar-refractivity contribution in [3.63, 3.8) is 0 Å². The number of benzene rings is 1. The Hall–Kier alpha value is -2.54. The standard InChI is InChI=1S/C19H23N3O/c1-4-19(5-2,6-3)21-18(23)13-12-16-14-20-22(15-16)17-10-8-7-9-11-17/h1,7-11,14-15H,5-6,12-13H2,2-3H3,(H,21,23). The predicted octanol–water partition coefficient (Wildman–Crippen LogP) is 3.11. The largest absolute Gasteiger partial charge is 0.340 e. The lowest BCUT2D eigenvalue weighted by atomic mass is 9.93. The van der Waals surface area contributed by atoms with Crippen LogP contribution in [-0.2, 0) is 11.2 Å². The Morgan fingerprint density at radius 1 is 1.30 bits per heavy atom. The summed E-state index contributed by atoms with van der Waals surface area (Å²) in [5.41, 5.74) is 1.51. The fourth-order valence-electron chi connectivity index (χ4n) is 2.47. The van der Waals surface area contributed by atoms with E-state index >= 15 is 0 Å². The number of nitrogens with one attached hydrogen (secondary N) is 1. The van der Waals surface area contributed by atoms with Crippen LogP contribution in [0.15, 0.2) is 42.7 Å². The van der Waals surface area contributed by atoms with Gasteiger partial charge in [-0.15, -0.1) is 6.42 Å². The third-order valence-electron chi connectivity index (χ3n) is 4.16. The molecule has 1 N–H and O–H groups in total. The topological polar surface area (TPSA) is 46.9 Å². The number of hydrogen-bond acceptors (Lipinski definition) is 2. The molecule has 1 aromatic heterocycles. The molecule has 0 saturated carbocycles. The van der Waals surface area contributed by atoms with Gasteiger partial charge in [-0.1, -0.05) is 38.0 Å². The van der Waals surface area contributed by atoms with Gasteiger partial charge < -0.3 is 5.32 Å². The monoisotopic (exact) mass is 309 g/mol. The van der Waals surface area contributed by atoms with Crippen molar-refractivity contribution < 1.29 is 4.79 Å². The van der Waals surface area contributed by atoms with E-state index in [0.717, 1.165) is 24.1 Å². The van der Waals surface area contributed by atoms with Crippen molar-refractivity contribution in [2.75, 3.05) is 0 Å².